The van der Waals surface area contributed by atoms with Crippen molar-refractivity contribution in [2.75, 3.05) is 18.4 Å². The van der Waals surface area contributed by atoms with E-state index in [0.29, 0.717) is 23.1 Å². The highest BCUT2D eigenvalue weighted by Crippen LogP contribution is 2.27. The Balaban J connectivity index is 1.30. The average Bonchev–Trinajstić information content (AvgIpc) is 3.29. The van der Waals surface area contributed by atoms with Gasteiger partial charge in [-0.1, -0.05) is 61.6 Å². The summed E-state index contributed by atoms with van der Waals surface area (Å²) in [6.07, 6.45) is 1.37. The number of aromatic hydroxyl groups is 1. The van der Waals surface area contributed by atoms with Gasteiger partial charge in [-0.25, -0.2) is 15.2 Å². The van der Waals surface area contributed by atoms with Crippen LogP contribution in [0.25, 0.3) is 10.2 Å². The molecule has 0 saturated heterocycles. The van der Waals surface area contributed by atoms with Crippen LogP contribution in [0.1, 0.15) is 30.5 Å². The summed E-state index contributed by atoms with van der Waals surface area (Å²) in [6.45, 7) is 7.57. The first-order chi connectivity index (χ1) is 17.5. The maximum Gasteiger partial charge on any atom is 0.341 e. The highest BCUT2D eigenvalue weighted by Gasteiger charge is 2.09. The van der Waals surface area contributed by atoms with E-state index in [4.69, 9.17) is 4.74 Å². The molecule has 0 atom stereocenters. The molecule has 0 aliphatic carbocycles. The lowest BCUT2D eigenvalue weighted by Gasteiger charge is -2.17. The normalized spacial score (nSPS) is 11.3. The number of hydrogen-bond acceptors (Lipinski definition) is 7. The number of amides is 2. The summed E-state index contributed by atoms with van der Waals surface area (Å²) in [6, 6.07) is 20.3. The number of phenolic OH excluding ortho intramolecular Hbond substituents is 1. The van der Waals surface area contributed by atoms with Crippen molar-refractivity contribution >= 4 is 38.9 Å². The van der Waals surface area contributed by atoms with Gasteiger partial charge >= 0.3 is 6.03 Å². The van der Waals surface area contributed by atoms with Crippen LogP contribution in [0.15, 0.2) is 71.8 Å². The van der Waals surface area contributed by atoms with Crippen LogP contribution in [0.4, 0.5) is 9.93 Å². The van der Waals surface area contributed by atoms with Crippen LogP contribution in [0, 0.1) is 0 Å². The number of aromatic nitrogens is 1. The van der Waals surface area contributed by atoms with Gasteiger partial charge in [-0.05, 0) is 48.5 Å². The predicted octanol–water partition coefficient (Wildman–Crippen LogP) is 5.58. The maximum atomic E-state index is 12.3. The highest BCUT2D eigenvalue weighted by molar-refractivity contribution is 7.22. The van der Waals surface area contributed by atoms with Crippen LogP contribution in [-0.4, -0.2) is 40.3 Å². The number of ether oxygens (including phenoxy) is 1. The third-order valence-corrected chi connectivity index (χ3v) is 6.53. The van der Waals surface area contributed by atoms with Crippen molar-refractivity contribution in [3.63, 3.8) is 0 Å². The zero-order valence-electron chi connectivity index (χ0n) is 20.3. The summed E-state index contributed by atoms with van der Waals surface area (Å²) in [5.74, 6) is 0.536. The van der Waals surface area contributed by atoms with E-state index in [1.807, 2.05) is 36.4 Å². The molecule has 0 aliphatic heterocycles. The van der Waals surface area contributed by atoms with Crippen molar-refractivity contribution in [3.8, 4) is 11.5 Å². The first kappa shape index (κ1) is 25.2. The number of rotatable bonds is 10. The Kier molecular flexibility index (Phi) is 8.48. The van der Waals surface area contributed by atoms with Gasteiger partial charge in [-0.2, -0.15) is 5.10 Å². The number of carbonyl (C=O) groups excluding carboxylic acids is 1. The monoisotopic (exact) mass is 503 g/mol. The Bertz CT molecular complexity index is 1340. The van der Waals surface area contributed by atoms with Crippen LogP contribution < -0.4 is 15.5 Å². The molecular weight excluding hydrogens is 474 g/mol. The topological polar surface area (TPSA) is 99.1 Å². The molecule has 0 saturated carbocycles. The Hall–Kier alpha value is -3.95. The molecule has 0 unspecified atom stereocenters. The number of fused-ring (bicyclic) bond motifs is 1. The van der Waals surface area contributed by atoms with Gasteiger partial charge in [0.15, 0.2) is 5.13 Å². The second kappa shape index (κ2) is 12.1. The predicted molar refractivity (Wildman–Crippen MR) is 145 cm³/mol. The zero-order valence-corrected chi connectivity index (χ0v) is 21.1. The fourth-order valence-corrected chi connectivity index (χ4v) is 4.50. The van der Waals surface area contributed by atoms with E-state index in [-0.39, 0.29) is 5.75 Å². The van der Waals surface area contributed by atoms with Gasteiger partial charge in [-0.15, -0.1) is 0 Å². The summed E-state index contributed by atoms with van der Waals surface area (Å²) in [7, 11) is 0. The number of thiazole rings is 1. The maximum absolute atomic E-state index is 12.3. The van der Waals surface area contributed by atoms with Gasteiger partial charge in [0.25, 0.3) is 0 Å². The molecule has 36 heavy (non-hydrogen) atoms. The fourth-order valence-electron chi connectivity index (χ4n) is 3.58. The number of hydrazone groups is 1. The van der Waals surface area contributed by atoms with Gasteiger partial charge in [-0.3, -0.25) is 10.2 Å². The SMILES string of the molecule is CCN(CC)Cc1ccc2nc(NC(=O)N/N=C/c3ccc(OCc4ccccc4)cc3O)sc2c1. The molecule has 0 fully saturated rings. The summed E-state index contributed by atoms with van der Waals surface area (Å²) >= 11 is 1.41. The standard InChI is InChI=1S/C27H29N5O3S/c1-3-32(4-2)17-20-10-13-23-25(14-20)36-27(29-23)30-26(34)31-28-16-21-11-12-22(15-24(21)33)35-18-19-8-6-5-7-9-19/h5-16,33H,3-4,17-18H2,1-2H3,(H2,29,30,31,34)/b28-16+. The largest absolute Gasteiger partial charge is 0.507 e. The van der Waals surface area contributed by atoms with Gasteiger partial charge in [0.05, 0.1) is 16.4 Å². The van der Waals surface area contributed by atoms with Crippen molar-refractivity contribution in [2.45, 2.75) is 27.0 Å². The molecule has 2 amide bonds. The summed E-state index contributed by atoms with van der Waals surface area (Å²) in [5.41, 5.74) is 5.93. The second-order valence-electron chi connectivity index (χ2n) is 8.10. The van der Waals surface area contributed by atoms with Gasteiger partial charge in [0.1, 0.15) is 18.1 Å². The first-order valence-electron chi connectivity index (χ1n) is 11.8. The number of carbonyl (C=O) groups is 1. The summed E-state index contributed by atoms with van der Waals surface area (Å²) in [4.78, 5) is 19.1. The number of nitrogens with one attached hydrogen (secondary N) is 2. The molecule has 0 spiro atoms. The molecule has 9 heteroatoms. The molecule has 0 aliphatic rings. The van der Waals surface area contributed by atoms with Crippen LogP contribution in [0.5, 0.6) is 11.5 Å². The fraction of sp³-hybridized carbons (Fsp3) is 0.222. The zero-order chi connectivity index (χ0) is 25.3. The Morgan fingerprint density at radius 1 is 1.08 bits per heavy atom. The van der Waals surface area contributed by atoms with Crippen LogP contribution >= 0.6 is 11.3 Å². The lowest BCUT2D eigenvalue weighted by molar-refractivity contribution is 0.252. The van der Waals surface area contributed by atoms with Crippen LogP contribution in [-0.2, 0) is 13.2 Å². The third kappa shape index (κ3) is 6.80. The minimum absolute atomic E-state index is 0.00166. The molecule has 4 rings (SSSR count). The number of benzene rings is 3. The van der Waals surface area contributed by atoms with Gasteiger partial charge < -0.3 is 9.84 Å². The van der Waals surface area contributed by atoms with Crippen LogP contribution in [0.2, 0.25) is 0 Å². The van der Waals surface area contributed by atoms with Crippen LogP contribution in [0.3, 0.4) is 0 Å². The molecule has 8 nitrogen and oxygen atoms in total. The minimum atomic E-state index is -0.518. The number of nitrogens with zero attached hydrogens (tertiary/aromatic N) is 3. The average molecular weight is 504 g/mol. The lowest BCUT2D eigenvalue weighted by atomic mass is 10.2. The third-order valence-electron chi connectivity index (χ3n) is 5.59. The van der Waals surface area contributed by atoms with E-state index in [9.17, 15) is 9.90 Å². The van der Waals surface area contributed by atoms with Crippen molar-refractivity contribution in [3.05, 3.63) is 83.4 Å². The van der Waals surface area contributed by atoms with E-state index in [1.165, 1.54) is 29.2 Å². The molecule has 3 aromatic carbocycles. The Labute approximate surface area is 214 Å². The molecule has 1 heterocycles. The Morgan fingerprint density at radius 3 is 2.64 bits per heavy atom. The number of hydrogen-bond donors (Lipinski definition) is 3. The lowest BCUT2D eigenvalue weighted by Crippen LogP contribution is -2.24. The van der Waals surface area contributed by atoms with Gasteiger partial charge in [0.2, 0.25) is 0 Å². The van der Waals surface area contributed by atoms with Crippen molar-refractivity contribution in [1.29, 1.82) is 0 Å². The molecule has 3 N–H and O–H groups in total. The number of urea groups is 1. The van der Waals surface area contributed by atoms with E-state index >= 15 is 0 Å². The number of anilines is 1. The molecule has 4 aromatic rings. The Morgan fingerprint density at radius 2 is 1.89 bits per heavy atom. The smallest absolute Gasteiger partial charge is 0.341 e. The molecule has 0 bridgehead atoms. The van der Waals surface area contributed by atoms with E-state index < -0.39 is 6.03 Å². The number of phenols is 1. The molecule has 0 radical (unpaired) electrons. The molecule has 186 valence electrons. The molecule has 1 aromatic heterocycles. The highest BCUT2D eigenvalue weighted by atomic mass is 32.1. The second-order valence-corrected chi connectivity index (χ2v) is 9.13. The van der Waals surface area contributed by atoms with E-state index in [1.54, 1.807) is 12.1 Å². The van der Waals surface area contributed by atoms with E-state index in [0.717, 1.165) is 35.4 Å². The van der Waals surface area contributed by atoms with Crippen molar-refractivity contribution in [2.24, 2.45) is 5.10 Å². The minimum Gasteiger partial charge on any atom is -0.507 e. The van der Waals surface area contributed by atoms with Gasteiger partial charge in [0, 0.05) is 18.2 Å². The summed E-state index contributed by atoms with van der Waals surface area (Å²) < 4.78 is 6.72. The molecular formula is C27H29N5O3S. The van der Waals surface area contributed by atoms with Crippen molar-refractivity contribution in [1.82, 2.24) is 15.3 Å². The quantitative estimate of drug-likeness (QED) is 0.194. The van der Waals surface area contributed by atoms with E-state index in [2.05, 4.69) is 51.7 Å². The first-order valence-corrected chi connectivity index (χ1v) is 12.6. The summed E-state index contributed by atoms with van der Waals surface area (Å²) in [5, 5.41) is 17.4. The van der Waals surface area contributed by atoms with Crippen molar-refractivity contribution < 1.29 is 14.6 Å².